The number of benzene rings is 2. The van der Waals surface area contributed by atoms with E-state index in [4.69, 9.17) is 4.18 Å². The van der Waals surface area contributed by atoms with Gasteiger partial charge in [-0.3, -0.25) is 4.72 Å². The Morgan fingerprint density at radius 3 is 2.37 bits per heavy atom. The van der Waals surface area contributed by atoms with Gasteiger partial charge in [0, 0.05) is 24.8 Å². The van der Waals surface area contributed by atoms with Crippen molar-refractivity contribution < 1.29 is 25.4 Å². The predicted molar refractivity (Wildman–Crippen MR) is 101 cm³/mol. The molecule has 1 saturated heterocycles. The zero-order valence-corrected chi connectivity index (χ0v) is 16.2. The molecule has 27 heavy (non-hydrogen) atoms. The molecule has 0 aliphatic carbocycles. The van der Waals surface area contributed by atoms with Crippen molar-refractivity contribution in [3.8, 4) is 5.75 Å². The molecule has 0 spiro atoms. The summed E-state index contributed by atoms with van der Waals surface area (Å²) in [6.07, 6.45) is 3.03. The summed E-state index contributed by atoms with van der Waals surface area (Å²) in [5.41, 5.74) is 0.520. The van der Waals surface area contributed by atoms with Crippen molar-refractivity contribution in [1.82, 2.24) is 0 Å². The third-order valence-electron chi connectivity index (χ3n) is 4.02. The second-order valence-electron chi connectivity index (χ2n) is 6.24. The first-order chi connectivity index (χ1) is 12.6. The molecule has 1 N–H and O–H groups in total. The van der Waals surface area contributed by atoms with E-state index in [-0.39, 0.29) is 11.4 Å². The molecule has 0 radical (unpaired) electrons. The third-order valence-corrected chi connectivity index (χ3v) is 5.85. The Kier molecular flexibility index (Phi) is 5.29. The third kappa shape index (κ3) is 4.89. The summed E-state index contributed by atoms with van der Waals surface area (Å²) in [6, 6.07) is 9.52. The normalized spacial score (nSPS) is 15.0. The Morgan fingerprint density at radius 1 is 1.04 bits per heavy atom. The topological polar surface area (TPSA) is 92.8 Å². The minimum Gasteiger partial charge on any atom is -0.379 e. The molecule has 0 bridgehead atoms. The highest BCUT2D eigenvalue weighted by atomic mass is 32.2. The van der Waals surface area contributed by atoms with Gasteiger partial charge in [-0.25, -0.2) is 12.8 Å². The molecule has 0 aromatic heterocycles. The van der Waals surface area contributed by atoms with Crippen molar-refractivity contribution in [2.24, 2.45) is 0 Å². The van der Waals surface area contributed by atoms with Gasteiger partial charge in [-0.15, -0.1) is 0 Å². The van der Waals surface area contributed by atoms with Crippen molar-refractivity contribution in [1.29, 1.82) is 0 Å². The molecule has 0 unspecified atom stereocenters. The van der Waals surface area contributed by atoms with Gasteiger partial charge in [0.15, 0.2) is 0 Å². The van der Waals surface area contributed by atoms with Crippen molar-refractivity contribution in [3.63, 3.8) is 0 Å². The molecule has 10 heteroatoms. The van der Waals surface area contributed by atoms with E-state index in [1.165, 1.54) is 6.07 Å². The quantitative estimate of drug-likeness (QED) is 0.731. The lowest BCUT2D eigenvalue weighted by Gasteiger charge is -2.18. The summed E-state index contributed by atoms with van der Waals surface area (Å²) in [7, 11) is -7.96. The van der Waals surface area contributed by atoms with Crippen LogP contribution in [-0.4, -0.2) is 36.2 Å². The Balaban J connectivity index is 1.82. The van der Waals surface area contributed by atoms with Crippen LogP contribution in [0.15, 0.2) is 47.4 Å². The fraction of sp³-hybridized carbons (Fsp3) is 0.294. The first kappa shape index (κ1) is 19.4. The Morgan fingerprint density at radius 2 is 1.74 bits per heavy atom. The monoisotopic (exact) mass is 414 g/mol. The number of nitrogens with zero attached hydrogens (tertiary/aromatic N) is 1. The number of sulfonamides is 1. The van der Waals surface area contributed by atoms with E-state index in [0.717, 1.165) is 50.0 Å². The molecule has 0 saturated carbocycles. The number of halogens is 1. The maximum Gasteiger partial charge on any atom is 0.339 e. The molecular formula is C17H19FN2O5S2. The SMILES string of the molecule is CS(=O)(=O)Nc1ccc(S(=O)(=O)Oc2cccc(N3CCCC3)c2)cc1F. The number of nitrogens with one attached hydrogen (secondary N) is 1. The second-order valence-corrected chi connectivity index (χ2v) is 9.54. The van der Waals surface area contributed by atoms with E-state index in [0.29, 0.717) is 6.07 Å². The van der Waals surface area contributed by atoms with Crippen LogP contribution < -0.4 is 13.8 Å². The highest BCUT2D eigenvalue weighted by Crippen LogP contribution is 2.27. The molecule has 3 rings (SSSR count). The van der Waals surface area contributed by atoms with Gasteiger partial charge in [-0.2, -0.15) is 8.42 Å². The van der Waals surface area contributed by atoms with Crippen LogP contribution in [0.4, 0.5) is 15.8 Å². The molecule has 0 atom stereocenters. The highest BCUT2D eigenvalue weighted by Gasteiger charge is 2.20. The van der Waals surface area contributed by atoms with Gasteiger partial charge in [0.2, 0.25) is 10.0 Å². The average Bonchev–Trinajstić information content (AvgIpc) is 3.10. The van der Waals surface area contributed by atoms with Crippen molar-refractivity contribution in [3.05, 3.63) is 48.3 Å². The minimum absolute atomic E-state index is 0.123. The van der Waals surface area contributed by atoms with Crippen molar-refractivity contribution >= 4 is 31.5 Å². The number of hydrogen-bond donors (Lipinski definition) is 1. The first-order valence-electron chi connectivity index (χ1n) is 8.21. The standard InChI is InChI=1S/C17H19FN2O5S2/c1-26(21,22)19-17-8-7-15(12-16(17)18)27(23,24)25-14-6-4-5-13(11-14)20-9-2-3-10-20/h4-8,11-12,19H,2-3,9-10H2,1H3. The Bertz CT molecular complexity index is 1050. The van der Waals surface area contributed by atoms with E-state index < -0.39 is 30.9 Å². The molecular weight excluding hydrogens is 395 g/mol. The van der Waals surface area contributed by atoms with Crippen LogP contribution >= 0.6 is 0 Å². The van der Waals surface area contributed by atoms with Gasteiger partial charge < -0.3 is 9.08 Å². The molecule has 1 fully saturated rings. The van der Waals surface area contributed by atoms with Gasteiger partial charge in [-0.1, -0.05) is 6.07 Å². The lowest BCUT2D eigenvalue weighted by atomic mass is 10.3. The Hall–Kier alpha value is -2.33. The van der Waals surface area contributed by atoms with E-state index >= 15 is 0 Å². The highest BCUT2D eigenvalue weighted by molar-refractivity contribution is 7.92. The van der Waals surface area contributed by atoms with Crippen LogP contribution in [0.5, 0.6) is 5.75 Å². The van der Waals surface area contributed by atoms with Crippen LogP contribution in [0.1, 0.15) is 12.8 Å². The molecule has 1 aliphatic rings. The predicted octanol–water partition coefficient (Wildman–Crippen LogP) is 2.57. The maximum absolute atomic E-state index is 14.1. The smallest absolute Gasteiger partial charge is 0.339 e. The van der Waals surface area contributed by atoms with E-state index in [9.17, 15) is 21.2 Å². The summed E-state index contributed by atoms with van der Waals surface area (Å²) in [5, 5.41) is 0. The molecule has 2 aromatic rings. The zero-order valence-electron chi connectivity index (χ0n) is 14.6. The maximum atomic E-state index is 14.1. The average molecular weight is 414 g/mol. The van der Waals surface area contributed by atoms with Crippen LogP contribution in [0.3, 0.4) is 0 Å². The minimum atomic E-state index is -4.27. The largest absolute Gasteiger partial charge is 0.379 e. The molecule has 1 aliphatic heterocycles. The second kappa shape index (κ2) is 7.35. The van der Waals surface area contributed by atoms with Gasteiger partial charge in [0.25, 0.3) is 0 Å². The van der Waals surface area contributed by atoms with Gasteiger partial charge in [0.1, 0.15) is 16.5 Å². The summed E-state index contributed by atoms with van der Waals surface area (Å²) in [5.74, 6) is -0.894. The first-order valence-corrected chi connectivity index (χ1v) is 11.5. The Labute approximate surface area is 157 Å². The van der Waals surface area contributed by atoms with E-state index in [1.54, 1.807) is 12.1 Å². The van der Waals surface area contributed by atoms with Crippen molar-refractivity contribution in [2.45, 2.75) is 17.7 Å². The number of rotatable bonds is 6. The molecule has 1 heterocycles. The summed E-state index contributed by atoms with van der Waals surface area (Å²) in [6.45, 7) is 1.80. The molecule has 0 amide bonds. The van der Waals surface area contributed by atoms with Gasteiger partial charge >= 0.3 is 10.1 Å². The molecule has 2 aromatic carbocycles. The van der Waals surface area contributed by atoms with Crippen LogP contribution in [0, 0.1) is 5.82 Å². The summed E-state index contributed by atoms with van der Waals surface area (Å²) in [4.78, 5) is 1.72. The number of hydrogen-bond acceptors (Lipinski definition) is 6. The van der Waals surface area contributed by atoms with Crippen LogP contribution in [-0.2, 0) is 20.1 Å². The lowest BCUT2D eigenvalue weighted by molar-refractivity contribution is 0.485. The number of anilines is 2. The van der Waals surface area contributed by atoms with Crippen LogP contribution in [0.2, 0.25) is 0 Å². The lowest BCUT2D eigenvalue weighted by Crippen LogP contribution is -2.17. The fourth-order valence-electron chi connectivity index (χ4n) is 2.82. The van der Waals surface area contributed by atoms with Crippen LogP contribution in [0.25, 0.3) is 0 Å². The van der Waals surface area contributed by atoms with E-state index in [1.807, 2.05) is 10.8 Å². The van der Waals surface area contributed by atoms with Crippen molar-refractivity contribution in [2.75, 3.05) is 29.0 Å². The van der Waals surface area contributed by atoms with Gasteiger partial charge in [0.05, 0.1) is 11.9 Å². The summed E-state index contributed by atoms with van der Waals surface area (Å²) >= 11 is 0. The van der Waals surface area contributed by atoms with Gasteiger partial charge in [-0.05, 0) is 43.2 Å². The molecule has 7 nitrogen and oxygen atoms in total. The fourth-order valence-corrected chi connectivity index (χ4v) is 4.32. The molecule has 146 valence electrons. The van der Waals surface area contributed by atoms with E-state index in [2.05, 4.69) is 4.90 Å². The zero-order chi connectivity index (χ0) is 19.7. The summed E-state index contributed by atoms with van der Waals surface area (Å²) < 4.78 is 68.4.